The molecule has 2 N–H and O–H groups in total. The summed E-state index contributed by atoms with van der Waals surface area (Å²) in [7, 11) is -7.76. The maximum Gasteiger partial charge on any atom is 0.243 e. The number of benzene rings is 3. The molecular weight excluding hydrogens is 536 g/mol. The lowest BCUT2D eigenvalue weighted by molar-refractivity contribution is 0.148. The molecule has 0 saturated carbocycles. The van der Waals surface area contributed by atoms with Crippen molar-refractivity contribution >= 4 is 53.0 Å². The van der Waals surface area contributed by atoms with Gasteiger partial charge in [0.2, 0.25) is 20.0 Å². The first-order valence-corrected chi connectivity index (χ1v) is 15.1. The lowest BCUT2D eigenvalue weighted by atomic mass is 9.99. The molecule has 2 aliphatic heterocycles. The predicted molar refractivity (Wildman–Crippen MR) is 141 cm³/mol. The van der Waals surface area contributed by atoms with Crippen LogP contribution in [0.5, 0.6) is 0 Å². The molecule has 0 aromatic heterocycles. The summed E-state index contributed by atoms with van der Waals surface area (Å²) >= 11 is 0. The van der Waals surface area contributed by atoms with Crippen LogP contribution in [-0.4, -0.2) is 83.3 Å². The minimum absolute atomic E-state index is 0.0119. The molecule has 5 rings (SSSR count). The van der Waals surface area contributed by atoms with Crippen LogP contribution in [0.3, 0.4) is 0 Å². The molecule has 2 aliphatic rings. The number of ether oxygens (including phenoxy) is 2. The molecule has 3 aromatic rings. The molecule has 38 heavy (non-hydrogen) atoms. The van der Waals surface area contributed by atoms with Gasteiger partial charge in [-0.05, 0) is 42.3 Å². The van der Waals surface area contributed by atoms with Gasteiger partial charge in [0.1, 0.15) is 5.69 Å². The Bertz CT molecular complexity index is 1580. The zero-order chi connectivity index (χ0) is 26.9. The molecule has 2 fully saturated rings. The SMILES string of the molecule is O=Nc1c2cc(S(=O)(=O)N3CCCOCC3)ccc2c(NO)c2cc(S(=O)(=O)N3CCCOCC3)ccc12. The summed E-state index contributed by atoms with van der Waals surface area (Å²) in [6.07, 6.45) is 1.13. The lowest BCUT2D eigenvalue weighted by Gasteiger charge is -2.21. The molecule has 12 nitrogen and oxygen atoms in total. The van der Waals surface area contributed by atoms with Crippen molar-refractivity contribution in [2.24, 2.45) is 5.18 Å². The quantitative estimate of drug-likeness (QED) is 0.261. The van der Waals surface area contributed by atoms with Crippen LogP contribution in [0.4, 0.5) is 11.4 Å². The molecule has 0 radical (unpaired) electrons. The molecule has 204 valence electrons. The largest absolute Gasteiger partial charge is 0.380 e. The average molecular weight is 565 g/mol. The second-order valence-corrected chi connectivity index (χ2v) is 13.0. The van der Waals surface area contributed by atoms with Crippen molar-refractivity contribution < 1.29 is 31.5 Å². The number of hydrogen-bond donors (Lipinski definition) is 2. The topological polar surface area (TPSA) is 155 Å². The van der Waals surface area contributed by atoms with Crippen LogP contribution in [0, 0.1) is 4.91 Å². The summed E-state index contributed by atoms with van der Waals surface area (Å²) in [6.45, 7) is 2.56. The number of nitroso groups, excluding NO2 is 1. The first-order chi connectivity index (χ1) is 18.3. The summed E-state index contributed by atoms with van der Waals surface area (Å²) < 4.78 is 66.8. The van der Waals surface area contributed by atoms with E-state index < -0.39 is 20.0 Å². The van der Waals surface area contributed by atoms with Gasteiger partial charge in [0.25, 0.3) is 0 Å². The van der Waals surface area contributed by atoms with E-state index in [0.717, 1.165) is 0 Å². The molecule has 2 heterocycles. The smallest absolute Gasteiger partial charge is 0.243 e. The summed E-state index contributed by atoms with van der Waals surface area (Å²) in [5.41, 5.74) is 2.19. The van der Waals surface area contributed by atoms with Crippen LogP contribution < -0.4 is 5.48 Å². The Balaban J connectivity index is 1.66. The lowest BCUT2D eigenvalue weighted by Crippen LogP contribution is -2.33. The Morgan fingerprint density at radius 3 is 1.76 bits per heavy atom. The van der Waals surface area contributed by atoms with Gasteiger partial charge in [-0.25, -0.2) is 16.8 Å². The number of anilines is 1. The van der Waals surface area contributed by atoms with Crippen LogP contribution in [-0.2, 0) is 29.5 Å². The highest BCUT2D eigenvalue weighted by molar-refractivity contribution is 7.89. The fourth-order valence-corrected chi connectivity index (χ4v) is 7.91. The van der Waals surface area contributed by atoms with Crippen molar-refractivity contribution in [3.05, 3.63) is 41.3 Å². The van der Waals surface area contributed by atoms with Crippen LogP contribution in [0.15, 0.2) is 51.4 Å². The number of hydrogen-bond acceptors (Lipinski definition) is 10. The Morgan fingerprint density at radius 2 is 1.24 bits per heavy atom. The van der Waals surface area contributed by atoms with E-state index in [1.807, 2.05) is 0 Å². The third kappa shape index (κ3) is 4.77. The summed E-state index contributed by atoms with van der Waals surface area (Å²) in [5, 5.41) is 14.3. The van der Waals surface area contributed by atoms with E-state index in [4.69, 9.17) is 9.47 Å². The Labute approximate surface area is 220 Å². The fourth-order valence-electron chi connectivity index (χ4n) is 4.93. The second-order valence-electron chi connectivity index (χ2n) is 9.08. The molecule has 14 heteroatoms. The number of fused-ring (bicyclic) bond motifs is 2. The fraction of sp³-hybridized carbons (Fsp3) is 0.417. The van der Waals surface area contributed by atoms with Crippen molar-refractivity contribution in [1.82, 2.24) is 8.61 Å². The van der Waals surface area contributed by atoms with Crippen LogP contribution in [0.1, 0.15) is 12.8 Å². The van der Waals surface area contributed by atoms with Crippen molar-refractivity contribution in [2.45, 2.75) is 22.6 Å². The summed E-state index contributed by atoms with van der Waals surface area (Å²) in [6, 6.07) is 8.42. The summed E-state index contributed by atoms with van der Waals surface area (Å²) in [5.74, 6) is 0. The Morgan fingerprint density at radius 1 is 0.711 bits per heavy atom. The van der Waals surface area contributed by atoms with Gasteiger partial charge in [0.15, 0.2) is 0 Å². The molecular formula is C24H28N4O8S2. The van der Waals surface area contributed by atoms with Crippen molar-refractivity contribution in [3.63, 3.8) is 0 Å². The molecule has 0 unspecified atom stereocenters. The third-order valence-electron chi connectivity index (χ3n) is 6.87. The van der Waals surface area contributed by atoms with E-state index in [9.17, 15) is 26.9 Å². The molecule has 0 atom stereocenters. The normalized spacial score (nSPS) is 18.8. The Hall–Kier alpha value is -2.72. The van der Waals surface area contributed by atoms with E-state index in [2.05, 4.69) is 10.7 Å². The summed E-state index contributed by atoms with van der Waals surface area (Å²) in [4.78, 5) is 12.0. The zero-order valence-electron chi connectivity index (χ0n) is 20.5. The van der Waals surface area contributed by atoms with Crippen molar-refractivity contribution in [2.75, 3.05) is 58.1 Å². The van der Waals surface area contributed by atoms with E-state index in [-0.39, 0.29) is 63.6 Å². The highest BCUT2D eigenvalue weighted by Crippen LogP contribution is 2.43. The molecule has 0 bridgehead atoms. The van der Waals surface area contributed by atoms with Gasteiger partial charge < -0.3 is 9.47 Å². The van der Waals surface area contributed by atoms with Gasteiger partial charge in [-0.2, -0.15) is 8.61 Å². The minimum Gasteiger partial charge on any atom is -0.380 e. The van der Waals surface area contributed by atoms with E-state index in [1.54, 1.807) is 0 Å². The maximum absolute atomic E-state index is 13.4. The molecule has 0 aliphatic carbocycles. The molecule has 2 saturated heterocycles. The number of nitrogens with one attached hydrogen (secondary N) is 1. The van der Waals surface area contributed by atoms with Crippen LogP contribution in [0.25, 0.3) is 21.5 Å². The second kappa shape index (κ2) is 10.8. The van der Waals surface area contributed by atoms with Gasteiger partial charge >= 0.3 is 0 Å². The van der Waals surface area contributed by atoms with E-state index >= 15 is 0 Å². The van der Waals surface area contributed by atoms with Gasteiger partial charge in [-0.1, -0.05) is 12.1 Å². The monoisotopic (exact) mass is 564 g/mol. The van der Waals surface area contributed by atoms with Gasteiger partial charge in [-0.3, -0.25) is 10.7 Å². The third-order valence-corrected chi connectivity index (χ3v) is 10.7. The molecule has 0 spiro atoms. The maximum atomic E-state index is 13.4. The van der Waals surface area contributed by atoms with Crippen molar-refractivity contribution in [3.8, 4) is 0 Å². The first-order valence-electron chi connectivity index (χ1n) is 12.2. The molecule has 0 amide bonds. The first kappa shape index (κ1) is 26.9. The van der Waals surface area contributed by atoms with Crippen LogP contribution in [0.2, 0.25) is 0 Å². The van der Waals surface area contributed by atoms with Crippen LogP contribution >= 0.6 is 0 Å². The van der Waals surface area contributed by atoms with Gasteiger partial charge in [0, 0.05) is 60.9 Å². The van der Waals surface area contributed by atoms with Crippen molar-refractivity contribution in [1.29, 1.82) is 0 Å². The number of sulfonamides is 2. The van der Waals surface area contributed by atoms with E-state index in [0.29, 0.717) is 44.5 Å². The predicted octanol–water partition coefficient (Wildman–Crippen LogP) is 3.01. The van der Waals surface area contributed by atoms with Gasteiger partial charge in [-0.15, -0.1) is 4.91 Å². The number of nitrogens with zero attached hydrogens (tertiary/aromatic N) is 3. The highest BCUT2D eigenvalue weighted by Gasteiger charge is 2.29. The number of rotatable bonds is 6. The zero-order valence-corrected chi connectivity index (χ0v) is 22.1. The standard InChI is InChI=1S/C24H28N4O8S2/c29-25-23-20-6-4-18(38(33,34)28-8-2-12-36-14-10-28)16-22(20)24(26-30)19-5-3-17(15-21(19)23)37(31,32)27-7-1-11-35-13-9-27/h3-6,15-16,25,29H,1-2,7-14H2. The highest BCUT2D eigenvalue weighted by atomic mass is 32.2. The Kier molecular flexibility index (Phi) is 7.64. The molecule has 3 aromatic carbocycles. The average Bonchev–Trinajstić information content (AvgIpc) is 3.38. The minimum atomic E-state index is -3.88. The van der Waals surface area contributed by atoms with Gasteiger partial charge in [0.05, 0.1) is 28.7 Å². The van der Waals surface area contributed by atoms with E-state index in [1.165, 1.54) is 45.0 Å².